The van der Waals surface area contributed by atoms with Gasteiger partial charge in [0.2, 0.25) is 11.9 Å². The smallest absolute Gasteiger partial charge is 0.422 e. The fraction of sp³-hybridized carbons (Fsp3) is 0.500. The molecule has 8 nitrogen and oxygen atoms in total. The van der Waals surface area contributed by atoms with Crippen molar-refractivity contribution in [1.29, 1.82) is 0 Å². The minimum atomic E-state index is -4.69. The number of alkyl halides is 6. The van der Waals surface area contributed by atoms with Gasteiger partial charge < -0.3 is 25.3 Å². The third-order valence-corrected chi connectivity index (χ3v) is 7.88. The van der Waals surface area contributed by atoms with Crippen LogP contribution in [0.1, 0.15) is 62.4 Å². The van der Waals surface area contributed by atoms with Crippen molar-refractivity contribution in [3.63, 3.8) is 0 Å². The molecule has 45 heavy (non-hydrogen) atoms. The largest absolute Gasteiger partial charge is 0.483 e. The lowest BCUT2D eigenvalue weighted by Gasteiger charge is -2.30. The Balaban J connectivity index is 1.59. The van der Waals surface area contributed by atoms with Gasteiger partial charge in [0.05, 0.1) is 33.2 Å². The second-order valence-corrected chi connectivity index (χ2v) is 12.6. The standard InChI is InChI=1S/C30H34ClF6N5O3/c1-28(2,3)26(44)38-14-16-5-10-20(31)21(11-16)40-27-41-22-12-19(24(13-23(22)42(27)4)45-15-29(32,33)34)25(43)39-18-8-6-17(7-9-18)30(35,36)37/h5,10-13,17-18H,6-9,14-15H2,1-4H3,(H,38,44)(H,39,43)(H,40,41)/t17-,18-. The molecule has 2 amide bonds. The highest BCUT2D eigenvalue weighted by Crippen LogP contribution is 2.38. The molecule has 0 aliphatic heterocycles. The lowest BCUT2D eigenvalue weighted by atomic mass is 9.85. The molecule has 1 aromatic heterocycles. The molecule has 0 radical (unpaired) electrons. The summed E-state index contributed by atoms with van der Waals surface area (Å²) in [6.07, 6.45) is -9.18. The van der Waals surface area contributed by atoms with Gasteiger partial charge in [-0.2, -0.15) is 26.3 Å². The maximum Gasteiger partial charge on any atom is 0.422 e. The highest BCUT2D eigenvalue weighted by atomic mass is 35.5. The fourth-order valence-corrected chi connectivity index (χ4v) is 5.13. The fourth-order valence-electron chi connectivity index (χ4n) is 4.96. The summed E-state index contributed by atoms with van der Waals surface area (Å²) in [6.45, 7) is 3.95. The first kappa shape index (κ1) is 34.2. The van der Waals surface area contributed by atoms with Crippen LogP contribution in [-0.4, -0.2) is 46.4 Å². The van der Waals surface area contributed by atoms with E-state index in [1.807, 2.05) is 0 Å². The number of amides is 2. The van der Waals surface area contributed by atoms with Crippen molar-refractivity contribution in [2.75, 3.05) is 11.9 Å². The molecule has 0 unspecified atom stereocenters. The Labute approximate surface area is 260 Å². The van der Waals surface area contributed by atoms with Gasteiger partial charge in [0.1, 0.15) is 5.75 Å². The van der Waals surface area contributed by atoms with Crippen LogP contribution < -0.4 is 20.7 Å². The summed E-state index contributed by atoms with van der Waals surface area (Å²) in [4.78, 5) is 30.0. The van der Waals surface area contributed by atoms with Crippen LogP contribution in [-0.2, 0) is 18.4 Å². The zero-order valence-corrected chi connectivity index (χ0v) is 25.8. The molecule has 2 aromatic carbocycles. The third kappa shape index (κ3) is 8.74. The summed E-state index contributed by atoms with van der Waals surface area (Å²) >= 11 is 6.41. The Morgan fingerprint density at radius 3 is 2.29 bits per heavy atom. The van der Waals surface area contributed by atoms with Crippen molar-refractivity contribution < 1.29 is 40.7 Å². The van der Waals surface area contributed by atoms with Crippen LogP contribution in [0.5, 0.6) is 5.75 Å². The van der Waals surface area contributed by atoms with Crippen molar-refractivity contribution in [2.24, 2.45) is 18.4 Å². The van der Waals surface area contributed by atoms with E-state index in [1.165, 1.54) is 12.1 Å². The first-order chi connectivity index (χ1) is 20.8. The van der Waals surface area contributed by atoms with E-state index in [1.54, 1.807) is 50.6 Å². The first-order valence-electron chi connectivity index (χ1n) is 14.2. The highest BCUT2D eigenvalue weighted by molar-refractivity contribution is 6.33. The average molecular weight is 662 g/mol. The van der Waals surface area contributed by atoms with Gasteiger partial charge >= 0.3 is 12.4 Å². The molecule has 0 spiro atoms. The molecule has 246 valence electrons. The first-order valence-corrected chi connectivity index (χ1v) is 14.6. The normalized spacial score (nSPS) is 17.7. The molecular weight excluding hydrogens is 628 g/mol. The summed E-state index contributed by atoms with van der Waals surface area (Å²) in [6, 6.07) is 7.06. The number of aryl methyl sites for hydroxylation is 1. The number of hydrogen-bond donors (Lipinski definition) is 3. The SMILES string of the molecule is Cn1c(Nc2cc(CNC(=O)C(C)(C)C)ccc2Cl)nc2cc(C(=O)N[C@H]3CC[C@H](C(F)(F)F)CC3)c(OCC(F)(F)F)cc21. The second kappa shape index (κ2) is 13.0. The molecule has 1 fully saturated rings. The van der Waals surface area contributed by atoms with Crippen LogP contribution in [0.2, 0.25) is 5.02 Å². The highest BCUT2D eigenvalue weighted by Gasteiger charge is 2.41. The van der Waals surface area contributed by atoms with E-state index in [-0.39, 0.29) is 60.9 Å². The average Bonchev–Trinajstić information content (AvgIpc) is 3.24. The van der Waals surface area contributed by atoms with Gasteiger partial charge in [-0.05, 0) is 49.4 Å². The number of benzene rings is 2. The summed E-state index contributed by atoms with van der Waals surface area (Å²) in [5.41, 5.74) is 0.953. The summed E-state index contributed by atoms with van der Waals surface area (Å²) in [7, 11) is 1.60. The van der Waals surface area contributed by atoms with E-state index < -0.39 is 42.2 Å². The van der Waals surface area contributed by atoms with Crippen LogP contribution in [0.3, 0.4) is 0 Å². The van der Waals surface area contributed by atoms with Gasteiger partial charge in [-0.1, -0.05) is 38.4 Å². The number of ether oxygens (including phenoxy) is 1. The number of aromatic nitrogens is 2. The molecule has 3 N–H and O–H groups in total. The van der Waals surface area contributed by atoms with E-state index in [9.17, 15) is 35.9 Å². The predicted molar refractivity (Wildman–Crippen MR) is 158 cm³/mol. The van der Waals surface area contributed by atoms with E-state index in [0.29, 0.717) is 16.2 Å². The van der Waals surface area contributed by atoms with Crippen LogP contribution in [0.25, 0.3) is 11.0 Å². The number of imidazole rings is 1. The molecule has 0 saturated heterocycles. The Morgan fingerprint density at radius 2 is 1.69 bits per heavy atom. The molecule has 1 saturated carbocycles. The number of hydrogen-bond acceptors (Lipinski definition) is 5. The van der Waals surface area contributed by atoms with Gasteiger partial charge in [-0.25, -0.2) is 4.98 Å². The van der Waals surface area contributed by atoms with Crippen molar-refractivity contribution in [2.45, 2.75) is 71.4 Å². The number of carbonyl (C=O) groups is 2. The van der Waals surface area contributed by atoms with Crippen LogP contribution in [0.15, 0.2) is 30.3 Å². The molecule has 1 heterocycles. The van der Waals surface area contributed by atoms with Crippen LogP contribution >= 0.6 is 11.6 Å². The van der Waals surface area contributed by atoms with Crippen molar-refractivity contribution in [1.82, 2.24) is 20.2 Å². The van der Waals surface area contributed by atoms with Gasteiger partial charge in [0.15, 0.2) is 6.61 Å². The number of anilines is 2. The number of nitrogens with zero attached hydrogens (tertiary/aromatic N) is 2. The van der Waals surface area contributed by atoms with Gasteiger partial charge in [-0.15, -0.1) is 0 Å². The van der Waals surface area contributed by atoms with Gasteiger partial charge in [0.25, 0.3) is 5.91 Å². The monoisotopic (exact) mass is 661 g/mol. The Kier molecular flexibility index (Phi) is 9.86. The molecule has 0 atom stereocenters. The lowest BCUT2D eigenvalue weighted by Crippen LogP contribution is -2.40. The zero-order valence-electron chi connectivity index (χ0n) is 25.0. The zero-order chi connectivity index (χ0) is 33.3. The Bertz CT molecular complexity index is 1560. The molecule has 4 rings (SSSR count). The van der Waals surface area contributed by atoms with E-state index in [2.05, 4.69) is 20.9 Å². The maximum atomic E-state index is 13.2. The lowest BCUT2D eigenvalue weighted by molar-refractivity contribution is -0.182. The van der Waals surface area contributed by atoms with Crippen molar-refractivity contribution >= 4 is 46.1 Å². The van der Waals surface area contributed by atoms with Crippen LogP contribution in [0.4, 0.5) is 38.0 Å². The van der Waals surface area contributed by atoms with Crippen molar-refractivity contribution in [3.05, 3.63) is 46.5 Å². The van der Waals surface area contributed by atoms with E-state index in [4.69, 9.17) is 16.3 Å². The molecule has 15 heteroatoms. The van der Waals surface area contributed by atoms with Gasteiger partial charge in [0, 0.05) is 31.1 Å². The molecule has 3 aromatic rings. The topological polar surface area (TPSA) is 97.3 Å². The Hall–Kier alpha value is -3.68. The molecule has 0 bridgehead atoms. The van der Waals surface area contributed by atoms with Gasteiger partial charge in [-0.3, -0.25) is 9.59 Å². The summed E-state index contributed by atoms with van der Waals surface area (Å²) in [5, 5.41) is 8.93. The minimum absolute atomic E-state index is 0.0776. The van der Waals surface area contributed by atoms with Crippen LogP contribution in [0, 0.1) is 11.3 Å². The maximum absolute atomic E-state index is 13.2. The second-order valence-electron chi connectivity index (χ2n) is 12.2. The molecular formula is C30H34ClF6N5O3. The quantitative estimate of drug-likeness (QED) is 0.218. The third-order valence-electron chi connectivity index (χ3n) is 7.55. The van der Waals surface area contributed by atoms with E-state index in [0.717, 1.165) is 5.56 Å². The number of nitrogens with one attached hydrogen (secondary N) is 3. The number of halogens is 7. The van der Waals surface area contributed by atoms with Crippen molar-refractivity contribution in [3.8, 4) is 5.75 Å². The predicted octanol–water partition coefficient (Wildman–Crippen LogP) is 7.42. The number of fused-ring (bicyclic) bond motifs is 1. The number of carbonyl (C=O) groups excluding carboxylic acids is 2. The molecule has 1 aliphatic rings. The summed E-state index contributed by atoms with van der Waals surface area (Å²) in [5.74, 6) is -2.49. The van der Waals surface area contributed by atoms with E-state index >= 15 is 0 Å². The minimum Gasteiger partial charge on any atom is -0.483 e. The summed E-state index contributed by atoms with van der Waals surface area (Å²) < 4.78 is 84.9. The Morgan fingerprint density at radius 1 is 1.02 bits per heavy atom. The molecule has 1 aliphatic carbocycles. The number of rotatable bonds is 8.